The smallest absolute Gasteiger partial charge is 0.429 e. The van der Waals surface area contributed by atoms with Gasteiger partial charge in [-0.2, -0.15) is 13.2 Å². The second-order valence-corrected chi connectivity index (χ2v) is 4.02. The van der Waals surface area contributed by atoms with Crippen LogP contribution in [0.5, 0.6) is 5.75 Å². The van der Waals surface area contributed by atoms with Crippen molar-refractivity contribution in [3.05, 3.63) is 59.9 Å². The number of aldehydes is 1. The highest BCUT2D eigenvalue weighted by Gasteiger charge is 2.43. The SMILES string of the molecule is O=Cc1cccc(OC(c2cccnc2)C(F)(F)F)c1. The minimum absolute atomic E-state index is 0.0271. The van der Waals surface area contributed by atoms with E-state index in [0.717, 1.165) is 6.20 Å². The molecule has 1 heterocycles. The van der Waals surface area contributed by atoms with Crippen LogP contribution in [0.3, 0.4) is 0 Å². The molecule has 1 aromatic carbocycles. The Morgan fingerprint density at radius 3 is 2.60 bits per heavy atom. The maximum atomic E-state index is 13.1. The van der Waals surface area contributed by atoms with Gasteiger partial charge in [0.1, 0.15) is 12.0 Å². The van der Waals surface area contributed by atoms with Crippen LogP contribution >= 0.6 is 0 Å². The van der Waals surface area contributed by atoms with Gasteiger partial charge in [-0.05, 0) is 18.2 Å². The molecule has 0 radical (unpaired) electrons. The van der Waals surface area contributed by atoms with E-state index in [-0.39, 0.29) is 16.9 Å². The van der Waals surface area contributed by atoms with Crippen molar-refractivity contribution in [2.75, 3.05) is 0 Å². The molecule has 0 aliphatic carbocycles. The number of ether oxygens (including phenoxy) is 1. The van der Waals surface area contributed by atoms with E-state index in [2.05, 4.69) is 4.98 Å². The topological polar surface area (TPSA) is 39.2 Å². The Hall–Kier alpha value is -2.37. The molecule has 0 aliphatic rings. The lowest BCUT2D eigenvalue weighted by atomic mass is 10.1. The summed E-state index contributed by atoms with van der Waals surface area (Å²) in [5.41, 5.74) is 0.145. The van der Waals surface area contributed by atoms with Gasteiger partial charge in [0.05, 0.1) is 0 Å². The summed E-state index contributed by atoms with van der Waals surface area (Å²) in [6, 6.07) is 8.24. The highest BCUT2D eigenvalue weighted by atomic mass is 19.4. The largest absolute Gasteiger partial charge is 0.476 e. The molecule has 2 rings (SSSR count). The molecule has 3 nitrogen and oxygen atoms in total. The van der Waals surface area contributed by atoms with Crippen molar-refractivity contribution in [1.29, 1.82) is 0 Å². The number of carbonyl (C=O) groups is 1. The van der Waals surface area contributed by atoms with Gasteiger partial charge in [-0.1, -0.05) is 18.2 Å². The monoisotopic (exact) mass is 281 g/mol. The Bertz CT molecular complexity index is 584. The van der Waals surface area contributed by atoms with Crippen LogP contribution in [0.25, 0.3) is 0 Å². The number of rotatable bonds is 4. The van der Waals surface area contributed by atoms with Crippen LogP contribution in [0.15, 0.2) is 48.8 Å². The van der Waals surface area contributed by atoms with Crippen molar-refractivity contribution in [2.45, 2.75) is 12.3 Å². The molecule has 1 aromatic heterocycles. The number of carbonyl (C=O) groups excluding carboxylic acids is 1. The molecule has 0 N–H and O–H groups in total. The molecule has 1 unspecified atom stereocenters. The third-order valence-electron chi connectivity index (χ3n) is 2.53. The molecular formula is C14H10F3NO2. The molecular weight excluding hydrogens is 271 g/mol. The van der Waals surface area contributed by atoms with Gasteiger partial charge in [0, 0.05) is 23.5 Å². The normalized spacial score (nSPS) is 12.8. The summed E-state index contributed by atoms with van der Waals surface area (Å²) in [5, 5.41) is 0. The summed E-state index contributed by atoms with van der Waals surface area (Å²) in [6.45, 7) is 0. The minimum atomic E-state index is -4.58. The van der Waals surface area contributed by atoms with Crippen LogP contribution in [0.4, 0.5) is 13.2 Å². The number of aromatic nitrogens is 1. The zero-order valence-corrected chi connectivity index (χ0v) is 10.2. The molecule has 0 fully saturated rings. The Morgan fingerprint density at radius 1 is 1.20 bits per heavy atom. The Balaban J connectivity index is 2.31. The van der Waals surface area contributed by atoms with Crippen molar-refractivity contribution in [3.8, 4) is 5.75 Å². The third kappa shape index (κ3) is 3.34. The van der Waals surface area contributed by atoms with Gasteiger partial charge >= 0.3 is 6.18 Å². The molecule has 0 aliphatic heterocycles. The summed E-state index contributed by atoms with van der Waals surface area (Å²) < 4.78 is 44.1. The highest BCUT2D eigenvalue weighted by Crippen LogP contribution is 2.36. The van der Waals surface area contributed by atoms with Crippen molar-refractivity contribution >= 4 is 6.29 Å². The average molecular weight is 281 g/mol. The second-order valence-electron chi connectivity index (χ2n) is 4.02. The van der Waals surface area contributed by atoms with Gasteiger partial charge in [-0.3, -0.25) is 9.78 Å². The van der Waals surface area contributed by atoms with Crippen molar-refractivity contribution in [1.82, 2.24) is 4.98 Å². The van der Waals surface area contributed by atoms with E-state index < -0.39 is 12.3 Å². The zero-order chi connectivity index (χ0) is 14.6. The second kappa shape index (κ2) is 5.73. The number of nitrogens with zero attached hydrogens (tertiary/aromatic N) is 1. The first kappa shape index (κ1) is 14.0. The molecule has 20 heavy (non-hydrogen) atoms. The first-order chi connectivity index (χ1) is 9.50. The van der Waals surface area contributed by atoms with Crippen molar-refractivity contribution < 1.29 is 22.7 Å². The van der Waals surface area contributed by atoms with Crippen LogP contribution in [-0.4, -0.2) is 17.4 Å². The predicted molar refractivity (Wildman–Crippen MR) is 65.5 cm³/mol. The van der Waals surface area contributed by atoms with Crippen LogP contribution in [0.2, 0.25) is 0 Å². The first-order valence-electron chi connectivity index (χ1n) is 5.69. The molecule has 0 amide bonds. The van der Waals surface area contributed by atoms with Gasteiger partial charge in [-0.25, -0.2) is 0 Å². The fourth-order valence-electron chi connectivity index (χ4n) is 1.65. The quantitative estimate of drug-likeness (QED) is 0.804. The molecule has 1 atom stereocenters. The Morgan fingerprint density at radius 2 is 2.00 bits per heavy atom. The summed E-state index contributed by atoms with van der Waals surface area (Å²) in [7, 11) is 0. The zero-order valence-electron chi connectivity index (χ0n) is 10.2. The molecule has 0 spiro atoms. The minimum Gasteiger partial charge on any atom is -0.476 e. The van der Waals surface area contributed by atoms with Crippen LogP contribution in [0, 0.1) is 0 Å². The number of hydrogen-bond donors (Lipinski definition) is 0. The van der Waals surface area contributed by atoms with Gasteiger partial charge in [0.25, 0.3) is 0 Å². The van der Waals surface area contributed by atoms with Gasteiger partial charge in [-0.15, -0.1) is 0 Å². The van der Waals surface area contributed by atoms with Crippen molar-refractivity contribution in [2.24, 2.45) is 0 Å². The van der Waals surface area contributed by atoms with Crippen molar-refractivity contribution in [3.63, 3.8) is 0 Å². The van der Waals surface area contributed by atoms with E-state index in [1.165, 1.54) is 42.6 Å². The fraction of sp³-hybridized carbons (Fsp3) is 0.143. The third-order valence-corrected chi connectivity index (χ3v) is 2.53. The lowest BCUT2D eigenvalue weighted by molar-refractivity contribution is -0.198. The average Bonchev–Trinajstić information content (AvgIpc) is 2.45. The lowest BCUT2D eigenvalue weighted by Crippen LogP contribution is -2.26. The predicted octanol–water partition coefficient (Wildman–Crippen LogP) is 3.58. The van der Waals surface area contributed by atoms with Gasteiger partial charge in [0.2, 0.25) is 6.10 Å². The van der Waals surface area contributed by atoms with E-state index >= 15 is 0 Å². The number of pyridine rings is 1. The summed E-state index contributed by atoms with van der Waals surface area (Å²) in [4.78, 5) is 14.3. The van der Waals surface area contributed by atoms with E-state index in [1.807, 2.05) is 0 Å². The fourth-order valence-corrected chi connectivity index (χ4v) is 1.65. The van der Waals surface area contributed by atoms with Crippen LogP contribution in [0.1, 0.15) is 22.0 Å². The van der Waals surface area contributed by atoms with E-state index in [0.29, 0.717) is 6.29 Å². The van der Waals surface area contributed by atoms with Crippen LogP contribution < -0.4 is 4.74 Å². The Kier molecular flexibility index (Phi) is 4.02. The maximum Gasteiger partial charge on any atom is 0.429 e. The molecule has 0 saturated heterocycles. The summed E-state index contributed by atoms with van der Waals surface area (Å²) in [6.07, 6.45) is -3.69. The van der Waals surface area contributed by atoms with Crippen LogP contribution in [-0.2, 0) is 0 Å². The number of halogens is 3. The van der Waals surface area contributed by atoms with Gasteiger partial charge < -0.3 is 4.74 Å². The molecule has 0 bridgehead atoms. The van der Waals surface area contributed by atoms with Gasteiger partial charge in [0.15, 0.2) is 0 Å². The summed E-state index contributed by atoms with van der Waals surface area (Å²) in [5.74, 6) is -0.0271. The van der Waals surface area contributed by atoms with E-state index in [4.69, 9.17) is 4.74 Å². The standard InChI is InChI=1S/C14H10F3NO2/c15-14(16,17)13(11-4-2-6-18-8-11)20-12-5-1-3-10(7-12)9-19/h1-9,13H. The lowest BCUT2D eigenvalue weighted by Gasteiger charge is -2.22. The van der Waals surface area contributed by atoms with E-state index in [9.17, 15) is 18.0 Å². The number of benzene rings is 1. The maximum absolute atomic E-state index is 13.1. The number of alkyl halides is 3. The molecule has 0 saturated carbocycles. The molecule has 2 aromatic rings. The highest BCUT2D eigenvalue weighted by molar-refractivity contribution is 5.75. The summed E-state index contributed by atoms with van der Waals surface area (Å²) >= 11 is 0. The molecule has 104 valence electrons. The first-order valence-corrected chi connectivity index (χ1v) is 5.69. The molecule has 6 heteroatoms. The van der Waals surface area contributed by atoms with E-state index in [1.54, 1.807) is 0 Å². The number of hydrogen-bond acceptors (Lipinski definition) is 3. The Labute approximate surface area is 113 Å².